The molecule has 1 aromatic carbocycles. The Bertz CT molecular complexity index is 386. The quantitative estimate of drug-likeness (QED) is 0.873. The average Bonchev–Trinajstić information content (AvgIpc) is 2.72. The van der Waals surface area contributed by atoms with Gasteiger partial charge in [0.25, 0.3) is 0 Å². The van der Waals surface area contributed by atoms with Gasteiger partial charge in [-0.05, 0) is 49.4 Å². The molecule has 2 atom stereocenters. The number of alkyl halides is 3. The molecule has 0 spiro atoms. The summed E-state index contributed by atoms with van der Waals surface area (Å²) in [5.41, 5.74) is 5.92. The molecule has 0 radical (unpaired) electrons. The first-order chi connectivity index (χ1) is 8.45. The van der Waals surface area contributed by atoms with Gasteiger partial charge < -0.3 is 11.1 Å². The van der Waals surface area contributed by atoms with E-state index in [4.69, 9.17) is 5.73 Å². The molecule has 0 aliphatic heterocycles. The van der Waals surface area contributed by atoms with Crippen molar-refractivity contribution in [2.45, 2.75) is 31.5 Å². The maximum absolute atomic E-state index is 12.4. The fourth-order valence-corrected chi connectivity index (χ4v) is 2.34. The Hall–Kier alpha value is -1.23. The van der Waals surface area contributed by atoms with Crippen molar-refractivity contribution in [1.29, 1.82) is 0 Å². The molecule has 0 saturated heterocycles. The molecule has 1 aliphatic carbocycles. The summed E-state index contributed by atoms with van der Waals surface area (Å²) in [6, 6.07) is 5.42. The summed E-state index contributed by atoms with van der Waals surface area (Å²) in [5.74, 6) is 0.530. The number of halogens is 3. The highest BCUT2D eigenvalue weighted by Crippen LogP contribution is 2.30. The lowest BCUT2D eigenvalue weighted by atomic mass is 10.1. The SMILES string of the molecule is NC1CCC(CNc2ccc(C(F)(F)F)cc2)C1. The Labute approximate surface area is 104 Å². The molecule has 18 heavy (non-hydrogen) atoms. The van der Waals surface area contributed by atoms with Crippen LogP contribution in [0.2, 0.25) is 0 Å². The molecule has 1 aromatic rings. The van der Waals surface area contributed by atoms with E-state index < -0.39 is 11.7 Å². The lowest BCUT2D eigenvalue weighted by Crippen LogP contribution is -2.17. The molecule has 3 N–H and O–H groups in total. The third-order valence-corrected chi connectivity index (χ3v) is 3.39. The lowest BCUT2D eigenvalue weighted by Gasteiger charge is -2.13. The number of anilines is 1. The zero-order chi connectivity index (χ0) is 13.2. The summed E-state index contributed by atoms with van der Waals surface area (Å²) in [7, 11) is 0. The van der Waals surface area contributed by atoms with E-state index in [9.17, 15) is 13.2 Å². The first-order valence-electron chi connectivity index (χ1n) is 6.12. The molecule has 100 valence electrons. The second kappa shape index (κ2) is 5.18. The Morgan fingerprint density at radius 2 is 1.83 bits per heavy atom. The van der Waals surface area contributed by atoms with Crippen molar-refractivity contribution in [1.82, 2.24) is 0 Å². The van der Waals surface area contributed by atoms with Crippen molar-refractivity contribution in [3.05, 3.63) is 29.8 Å². The standard InChI is InChI=1S/C13H17F3N2/c14-13(15,16)10-2-5-12(6-3-10)18-8-9-1-4-11(17)7-9/h2-3,5-6,9,11,18H,1,4,7-8,17H2. The second-order valence-corrected chi connectivity index (χ2v) is 4.90. The van der Waals surface area contributed by atoms with Gasteiger partial charge in [-0.1, -0.05) is 0 Å². The van der Waals surface area contributed by atoms with Crippen LogP contribution in [0.25, 0.3) is 0 Å². The van der Waals surface area contributed by atoms with Gasteiger partial charge in [0.05, 0.1) is 5.56 Å². The highest BCUT2D eigenvalue weighted by Gasteiger charge is 2.30. The minimum absolute atomic E-state index is 0.282. The molecule has 0 aromatic heterocycles. The third-order valence-electron chi connectivity index (χ3n) is 3.39. The van der Waals surface area contributed by atoms with Gasteiger partial charge in [-0.15, -0.1) is 0 Å². The second-order valence-electron chi connectivity index (χ2n) is 4.90. The molecule has 2 unspecified atom stereocenters. The van der Waals surface area contributed by atoms with E-state index in [2.05, 4.69) is 5.32 Å². The molecule has 2 nitrogen and oxygen atoms in total. The number of benzene rings is 1. The van der Waals surface area contributed by atoms with Crippen molar-refractivity contribution < 1.29 is 13.2 Å². The summed E-state index contributed by atoms with van der Waals surface area (Å²) in [5, 5.41) is 3.16. The normalized spacial score (nSPS) is 24.2. The summed E-state index contributed by atoms with van der Waals surface area (Å²) in [6.07, 6.45) is -1.14. The van der Waals surface area contributed by atoms with Gasteiger partial charge in [0.1, 0.15) is 0 Å². The van der Waals surface area contributed by atoms with Crippen LogP contribution in [0.5, 0.6) is 0 Å². The predicted octanol–water partition coefficient (Wildman–Crippen LogP) is 3.24. The van der Waals surface area contributed by atoms with Crippen LogP contribution in [0.3, 0.4) is 0 Å². The van der Waals surface area contributed by atoms with Gasteiger partial charge in [0.2, 0.25) is 0 Å². The number of nitrogens with two attached hydrogens (primary N) is 1. The van der Waals surface area contributed by atoms with Crippen LogP contribution < -0.4 is 11.1 Å². The highest BCUT2D eigenvalue weighted by molar-refractivity contribution is 5.45. The summed E-state index contributed by atoms with van der Waals surface area (Å²) < 4.78 is 37.1. The smallest absolute Gasteiger partial charge is 0.385 e. The van der Waals surface area contributed by atoms with Crippen LogP contribution in [0, 0.1) is 5.92 Å². The van der Waals surface area contributed by atoms with Crippen molar-refractivity contribution >= 4 is 5.69 Å². The van der Waals surface area contributed by atoms with Gasteiger partial charge in [-0.2, -0.15) is 13.2 Å². The van der Waals surface area contributed by atoms with Gasteiger partial charge in [-0.25, -0.2) is 0 Å². The zero-order valence-electron chi connectivity index (χ0n) is 10.0. The maximum atomic E-state index is 12.4. The van der Waals surface area contributed by atoms with E-state index in [1.807, 2.05) is 0 Å². The Balaban J connectivity index is 1.87. The Morgan fingerprint density at radius 1 is 1.17 bits per heavy atom. The third kappa shape index (κ3) is 3.38. The molecule has 1 fully saturated rings. The van der Waals surface area contributed by atoms with Gasteiger partial charge in [0, 0.05) is 18.3 Å². The molecule has 2 rings (SSSR count). The van der Waals surface area contributed by atoms with Crippen molar-refractivity contribution in [3.8, 4) is 0 Å². The van der Waals surface area contributed by atoms with Crippen LogP contribution in [0.15, 0.2) is 24.3 Å². The van der Waals surface area contributed by atoms with E-state index in [-0.39, 0.29) is 6.04 Å². The fraction of sp³-hybridized carbons (Fsp3) is 0.538. The van der Waals surface area contributed by atoms with Crippen molar-refractivity contribution in [2.75, 3.05) is 11.9 Å². The van der Waals surface area contributed by atoms with Crippen LogP contribution >= 0.6 is 0 Å². The minimum atomic E-state index is -4.27. The molecule has 0 amide bonds. The summed E-state index contributed by atoms with van der Waals surface area (Å²) in [6.45, 7) is 0.777. The first-order valence-corrected chi connectivity index (χ1v) is 6.12. The molecule has 5 heteroatoms. The van der Waals surface area contributed by atoms with E-state index in [0.717, 1.165) is 43.6 Å². The first kappa shape index (κ1) is 13.2. The van der Waals surface area contributed by atoms with Crippen LogP contribution in [0.1, 0.15) is 24.8 Å². The fourth-order valence-electron chi connectivity index (χ4n) is 2.34. The highest BCUT2D eigenvalue weighted by atomic mass is 19.4. The van der Waals surface area contributed by atoms with E-state index in [1.165, 1.54) is 12.1 Å². The molecular weight excluding hydrogens is 241 g/mol. The maximum Gasteiger partial charge on any atom is 0.416 e. The van der Waals surface area contributed by atoms with E-state index >= 15 is 0 Å². The topological polar surface area (TPSA) is 38.0 Å². The minimum Gasteiger partial charge on any atom is -0.385 e. The van der Waals surface area contributed by atoms with E-state index in [0.29, 0.717) is 5.92 Å². The number of rotatable bonds is 3. The average molecular weight is 258 g/mol. The predicted molar refractivity (Wildman–Crippen MR) is 65.3 cm³/mol. The summed E-state index contributed by atoms with van der Waals surface area (Å²) in [4.78, 5) is 0. The largest absolute Gasteiger partial charge is 0.416 e. The van der Waals surface area contributed by atoms with E-state index in [1.54, 1.807) is 0 Å². The van der Waals surface area contributed by atoms with Crippen LogP contribution in [-0.4, -0.2) is 12.6 Å². The van der Waals surface area contributed by atoms with Gasteiger partial charge >= 0.3 is 6.18 Å². The monoisotopic (exact) mass is 258 g/mol. The number of hydrogen-bond acceptors (Lipinski definition) is 2. The molecule has 1 saturated carbocycles. The Kier molecular flexibility index (Phi) is 3.80. The molecule has 0 bridgehead atoms. The number of nitrogens with one attached hydrogen (secondary N) is 1. The van der Waals surface area contributed by atoms with Crippen molar-refractivity contribution in [3.63, 3.8) is 0 Å². The summed E-state index contributed by atoms with van der Waals surface area (Å²) >= 11 is 0. The van der Waals surface area contributed by atoms with Gasteiger partial charge in [-0.3, -0.25) is 0 Å². The molecule has 0 heterocycles. The van der Waals surface area contributed by atoms with Crippen LogP contribution in [0.4, 0.5) is 18.9 Å². The van der Waals surface area contributed by atoms with Crippen LogP contribution in [-0.2, 0) is 6.18 Å². The van der Waals surface area contributed by atoms with Crippen molar-refractivity contribution in [2.24, 2.45) is 11.7 Å². The number of hydrogen-bond donors (Lipinski definition) is 2. The lowest BCUT2D eigenvalue weighted by molar-refractivity contribution is -0.137. The zero-order valence-corrected chi connectivity index (χ0v) is 10.0. The van der Waals surface area contributed by atoms with Gasteiger partial charge in [0.15, 0.2) is 0 Å². The molecule has 1 aliphatic rings. The Morgan fingerprint density at radius 3 is 2.33 bits per heavy atom. The molecular formula is C13H17F3N2.